The van der Waals surface area contributed by atoms with Crippen molar-refractivity contribution in [2.24, 2.45) is 0 Å². The maximum Gasteiger partial charge on any atom is 0.325 e. The molecule has 0 heterocycles. The number of esters is 1. The van der Waals surface area contributed by atoms with E-state index in [4.69, 9.17) is 14.2 Å². The van der Waals surface area contributed by atoms with E-state index in [-0.39, 0.29) is 24.6 Å². The molecule has 180 valence electrons. The van der Waals surface area contributed by atoms with Gasteiger partial charge in [0.05, 0.1) is 20.8 Å². The van der Waals surface area contributed by atoms with Crippen LogP contribution in [0.5, 0.6) is 11.5 Å². The average molecular weight is 457 g/mol. The van der Waals surface area contributed by atoms with Gasteiger partial charge in [0.15, 0.2) is 11.5 Å². The van der Waals surface area contributed by atoms with Crippen LogP contribution in [0.25, 0.3) is 0 Å². The lowest BCUT2D eigenvalue weighted by Crippen LogP contribution is -2.43. The van der Waals surface area contributed by atoms with Gasteiger partial charge in [-0.15, -0.1) is 0 Å². The van der Waals surface area contributed by atoms with Gasteiger partial charge in [-0.3, -0.25) is 4.79 Å². The molecule has 2 aromatic rings. The number of rotatable bonds is 10. The van der Waals surface area contributed by atoms with Crippen LogP contribution >= 0.6 is 0 Å². The Morgan fingerprint density at radius 3 is 2.15 bits per heavy atom. The Morgan fingerprint density at radius 1 is 0.939 bits per heavy atom. The zero-order chi connectivity index (χ0) is 24.4. The van der Waals surface area contributed by atoms with Gasteiger partial charge in [-0.05, 0) is 47.6 Å². The fraction of sp³-hybridized carbons (Fsp3) is 0.462. The first-order chi connectivity index (χ1) is 15.7. The molecule has 0 unspecified atom stereocenters. The van der Waals surface area contributed by atoms with Gasteiger partial charge < -0.3 is 24.4 Å². The number of hydrogen-bond acceptors (Lipinski definition) is 5. The SMILES string of the molecule is CCOC(=O)CNC(=O)N(CCc1ccc(OC)c(OC)c1)Cc1ccc(C(C)(C)C)cc1. The molecule has 1 N–H and O–H groups in total. The Bertz CT molecular complexity index is 919. The molecule has 2 rings (SSSR count). The van der Waals surface area contributed by atoms with Crippen molar-refractivity contribution < 1.29 is 23.8 Å². The Balaban J connectivity index is 2.14. The van der Waals surface area contributed by atoms with Crippen LogP contribution in [0.2, 0.25) is 0 Å². The summed E-state index contributed by atoms with van der Waals surface area (Å²) in [5, 5.41) is 2.67. The van der Waals surface area contributed by atoms with Gasteiger partial charge in [-0.2, -0.15) is 0 Å². The summed E-state index contributed by atoms with van der Waals surface area (Å²) < 4.78 is 15.6. The minimum absolute atomic E-state index is 0.0582. The lowest BCUT2D eigenvalue weighted by Gasteiger charge is -2.24. The normalized spacial score (nSPS) is 11.0. The van der Waals surface area contributed by atoms with Gasteiger partial charge in [-0.25, -0.2) is 4.79 Å². The highest BCUT2D eigenvalue weighted by molar-refractivity contribution is 5.80. The molecule has 2 aromatic carbocycles. The summed E-state index contributed by atoms with van der Waals surface area (Å²) in [4.78, 5) is 26.3. The molecule has 0 bridgehead atoms. The summed E-state index contributed by atoms with van der Waals surface area (Å²) in [7, 11) is 3.19. The molecule has 0 aliphatic heterocycles. The van der Waals surface area contributed by atoms with Crippen molar-refractivity contribution in [3.63, 3.8) is 0 Å². The molecule has 0 spiro atoms. The topological polar surface area (TPSA) is 77.1 Å². The molecular weight excluding hydrogens is 420 g/mol. The van der Waals surface area contributed by atoms with Gasteiger partial charge in [0, 0.05) is 13.1 Å². The number of carbonyl (C=O) groups is 2. The maximum absolute atomic E-state index is 12.9. The monoisotopic (exact) mass is 456 g/mol. The summed E-state index contributed by atoms with van der Waals surface area (Å²) in [6.45, 7) is 9.23. The highest BCUT2D eigenvalue weighted by Crippen LogP contribution is 2.28. The van der Waals surface area contributed by atoms with Crippen molar-refractivity contribution in [2.75, 3.05) is 33.9 Å². The largest absolute Gasteiger partial charge is 0.493 e. The number of methoxy groups -OCH3 is 2. The molecule has 0 fully saturated rings. The molecule has 0 aliphatic rings. The Hall–Kier alpha value is -3.22. The van der Waals surface area contributed by atoms with Gasteiger partial charge in [0.25, 0.3) is 0 Å². The van der Waals surface area contributed by atoms with Gasteiger partial charge in [-0.1, -0.05) is 51.1 Å². The fourth-order valence-electron chi connectivity index (χ4n) is 3.35. The second-order valence-electron chi connectivity index (χ2n) is 8.77. The third-order valence-corrected chi connectivity index (χ3v) is 5.29. The average Bonchev–Trinajstić information content (AvgIpc) is 2.79. The number of amides is 2. The molecule has 2 amide bonds. The number of nitrogens with zero attached hydrogens (tertiary/aromatic N) is 1. The molecular formula is C26H36N2O5. The number of carbonyl (C=O) groups excluding carboxylic acids is 2. The van der Waals surface area contributed by atoms with Crippen molar-refractivity contribution in [1.82, 2.24) is 10.2 Å². The lowest BCUT2D eigenvalue weighted by atomic mass is 9.87. The van der Waals surface area contributed by atoms with Crippen molar-refractivity contribution in [3.8, 4) is 11.5 Å². The van der Waals surface area contributed by atoms with Crippen LogP contribution in [0.4, 0.5) is 4.79 Å². The van der Waals surface area contributed by atoms with E-state index < -0.39 is 5.97 Å². The predicted molar refractivity (Wildman–Crippen MR) is 129 cm³/mol. The summed E-state index contributed by atoms with van der Waals surface area (Å²) in [6.07, 6.45) is 0.618. The van der Waals surface area contributed by atoms with Gasteiger partial charge in [0.1, 0.15) is 6.54 Å². The van der Waals surface area contributed by atoms with E-state index in [1.54, 1.807) is 26.0 Å². The summed E-state index contributed by atoms with van der Waals surface area (Å²) in [6, 6.07) is 13.7. The minimum atomic E-state index is -0.458. The van der Waals surface area contributed by atoms with Crippen LogP contribution in [-0.2, 0) is 27.9 Å². The van der Waals surface area contributed by atoms with Crippen molar-refractivity contribution in [1.29, 1.82) is 0 Å². The summed E-state index contributed by atoms with van der Waals surface area (Å²) in [5.74, 6) is 0.843. The Labute approximate surface area is 197 Å². The quantitative estimate of drug-likeness (QED) is 0.539. The van der Waals surface area contributed by atoms with E-state index in [9.17, 15) is 9.59 Å². The third kappa shape index (κ3) is 8.00. The number of hydrogen-bond donors (Lipinski definition) is 1. The molecule has 0 saturated heterocycles. The first-order valence-electron chi connectivity index (χ1n) is 11.2. The smallest absolute Gasteiger partial charge is 0.325 e. The number of benzene rings is 2. The Morgan fingerprint density at radius 2 is 1.58 bits per heavy atom. The van der Waals surface area contributed by atoms with Crippen molar-refractivity contribution >= 4 is 12.0 Å². The minimum Gasteiger partial charge on any atom is -0.493 e. The zero-order valence-corrected chi connectivity index (χ0v) is 20.6. The number of nitrogens with one attached hydrogen (secondary N) is 1. The second-order valence-corrected chi connectivity index (χ2v) is 8.77. The van der Waals surface area contributed by atoms with Crippen LogP contribution in [0, 0.1) is 0 Å². The highest BCUT2D eigenvalue weighted by atomic mass is 16.5. The van der Waals surface area contributed by atoms with Crippen molar-refractivity contribution in [2.45, 2.75) is 46.1 Å². The van der Waals surface area contributed by atoms with Gasteiger partial charge >= 0.3 is 12.0 Å². The van der Waals surface area contributed by atoms with E-state index in [1.807, 2.05) is 30.3 Å². The first-order valence-corrected chi connectivity index (χ1v) is 11.2. The number of urea groups is 1. The van der Waals surface area contributed by atoms with Crippen molar-refractivity contribution in [3.05, 3.63) is 59.2 Å². The molecule has 33 heavy (non-hydrogen) atoms. The first kappa shape index (κ1) is 26.0. The molecule has 7 nitrogen and oxygen atoms in total. The summed E-state index contributed by atoms with van der Waals surface area (Å²) >= 11 is 0. The molecule has 7 heteroatoms. The van der Waals surface area contributed by atoms with Crippen LogP contribution in [-0.4, -0.2) is 50.8 Å². The maximum atomic E-state index is 12.9. The van der Waals surface area contributed by atoms with E-state index in [0.29, 0.717) is 31.0 Å². The van der Waals surface area contributed by atoms with Crippen LogP contribution < -0.4 is 14.8 Å². The van der Waals surface area contributed by atoms with E-state index >= 15 is 0 Å². The van der Waals surface area contributed by atoms with Crippen LogP contribution in [0.1, 0.15) is 44.4 Å². The summed E-state index contributed by atoms with van der Waals surface area (Å²) in [5.41, 5.74) is 3.32. The van der Waals surface area contributed by atoms with Gasteiger partial charge in [0.2, 0.25) is 0 Å². The molecule has 0 saturated carbocycles. The third-order valence-electron chi connectivity index (χ3n) is 5.29. The molecule has 0 atom stereocenters. The molecule has 0 aliphatic carbocycles. The van der Waals surface area contributed by atoms with E-state index in [0.717, 1.165) is 11.1 Å². The van der Waals surface area contributed by atoms with E-state index in [2.05, 4.69) is 38.2 Å². The molecule has 0 aromatic heterocycles. The van der Waals surface area contributed by atoms with Crippen LogP contribution in [0.15, 0.2) is 42.5 Å². The standard InChI is InChI=1S/C26H36N2O5/c1-7-33-24(29)17-27-25(30)28(18-20-8-11-21(12-9-20)26(2,3)4)15-14-19-10-13-22(31-5)23(16-19)32-6/h8-13,16H,7,14-15,17-18H2,1-6H3,(H,27,30). The fourth-order valence-corrected chi connectivity index (χ4v) is 3.35. The Kier molecular flexibility index (Phi) is 9.57. The highest BCUT2D eigenvalue weighted by Gasteiger charge is 2.17. The second kappa shape index (κ2) is 12.1. The van der Waals surface area contributed by atoms with E-state index in [1.165, 1.54) is 5.56 Å². The number of ether oxygens (including phenoxy) is 3. The molecule has 0 radical (unpaired) electrons. The zero-order valence-electron chi connectivity index (χ0n) is 20.6. The van der Waals surface area contributed by atoms with Crippen LogP contribution in [0.3, 0.4) is 0 Å². The lowest BCUT2D eigenvalue weighted by molar-refractivity contribution is -0.141. The predicted octanol–water partition coefficient (Wildman–Crippen LogP) is 4.32.